The van der Waals surface area contributed by atoms with E-state index in [1.54, 1.807) is 0 Å². The van der Waals surface area contributed by atoms with Crippen molar-refractivity contribution in [3.8, 4) is 5.75 Å². The number of carbonyl (C=O) groups is 1. The number of hydrogen-bond donors (Lipinski definition) is 1. The molecule has 0 saturated carbocycles. The molecule has 0 spiro atoms. The summed E-state index contributed by atoms with van der Waals surface area (Å²) in [6, 6.07) is 16.4. The summed E-state index contributed by atoms with van der Waals surface area (Å²) in [4.78, 5) is 14.2. The number of aryl methyl sites for hydroxylation is 1. The van der Waals surface area contributed by atoms with Crippen molar-refractivity contribution in [2.45, 2.75) is 32.1 Å². The minimum absolute atomic E-state index is 0.0548. The Morgan fingerprint density at radius 2 is 1.88 bits per heavy atom. The molecule has 4 heteroatoms. The number of nitrogens with one attached hydrogen (secondary N) is 1. The summed E-state index contributed by atoms with van der Waals surface area (Å²) >= 11 is 0. The maximum atomic E-state index is 12.0. The van der Waals surface area contributed by atoms with Gasteiger partial charge >= 0.3 is 0 Å². The largest absolute Gasteiger partial charge is 0.483 e. The predicted octanol–water partition coefficient (Wildman–Crippen LogP) is 3.59. The van der Waals surface area contributed by atoms with E-state index < -0.39 is 0 Å². The lowest BCUT2D eigenvalue weighted by atomic mass is 9.91. The van der Waals surface area contributed by atoms with E-state index in [0.717, 1.165) is 31.6 Å². The quantitative estimate of drug-likeness (QED) is 0.738. The first-order chi connectivity index (χ1) is 12.7. The monoisotopic (exact) mass is 352 g/mol. The van der Waals surface area contributed by atoms with E-state index in [2.05, 4.69) is 35.5 Å². The summed E-state index contributed by atoms with van der Waals surface area (Å²) in [5.74, 6) is 0.821. The van der Waals surface area contributed by atoms with Gasteiger partial charge in [-0.25, -0.2) is 0 Å². The Kier molecular flexibility index (Phi) is 6.53. The van der Waals surface area contributed by atoms with Crippen LogP contribution in [0.5, 0.6) is 5.75 Å². The number of anilines is 1. The Bertz CT molecular complexity index is 715. The lowest BCUT2D eigenvalue weighted by molar-refractivity contribution is -0.123. The molecule has 0 fully saturated rings. The molecular weight excluding hydrogens is 324 g/mol. The molecule has 0 heterocycles. The first-order valence-corrected chi connectivity index (χ1v) is 9.50. The van der Waals surface area contributed by atoms with Gasteiger partial charge in [0.05, 0.1) is 0 Å². The average molecular weight is 352 g/mol. The summed E-state index contributed by atoms with van der Waals surface area (Å²) in [5, 5.41) is 2.95. The third-order valence-electron chi connectivity index (χ3n) is 4.90. The zero-order valence-electron chi connectivity index (χ0n) is 15.5. The van der Waals surface area contributed by atoms with Gasteiger partial charge in [-0.05, 0) is 61.4 Å². The normalized spacial score (nSPS) is 13.0. The van der Waals surface area contributed by atoms with E-state index in [1.165, 1.54) is 29.7 Å². The second kappa shape index (κ2) is 9.27. The van der Waals surface area contributed by atoms with Gasteiger partial charge < -0.3 is 15.0 Å². The van der Waals surface area contributed by atoms with Crippen molar-refractivity contribution in [3.63, 3.8) is 0 Å². The summed E-state index contributed by atoms with van der Waals surface area (Å²) in [7, 11) is 2.07. The fourth-order valence-corrected chi connectivity index (χ4v) is 3.43. The molecule has 0 atom stereocenters. The fraction of sp³-hybridized carbons (Fsp3) is 0.409. The zero-order chi connectivity index (χ0) is 18.2. The van der Waals surface area contributed by atoms with Crippen LogP contribution in [0.3, 0.4) is 0 Å². The molecule has 0 saturated heterocycles. The summed E-state index contributed by atoms with van der Waals surface area (Å²) in [5.41, 5.74) is 3.85. The molecule has 1 N–H and O–H groups in total. The molecule has 0 aliphatic heterocycles. The molecule has 1 aliphatic carbocycles. The molecule has 2 aromatic carbocycles. The molecule has 138 valence electrons. The van der Waals surface area contributed by atoms with E-state index in [-0.39, 0.29) is 12.5 Å². The van der Waals surface area contributed by atoms with Crippen LogP contribution < -0.4 is 15.0 Å². The number of fused-ring (bicyclic) bond motifs is 1. The van der Waals surface area contributed by atoms with Gasteiger partial charge in [-0.2, -0.15) is 0 Å². The van der Waals surface area contributed by atoms with Crippen LogP contribution in [0, 0.1) is 0 Å². The van der Waals surface area contributed by atoms with Gasteiger partial charge in [0.25, 0.3) is 5.91 Å². The van der Waals surface area contributed by atoms with Crippen molar-refractivity contribution >= 4 is 11.6 Å². The predicted molar refractivity (Wildman–Crippen MR) is 106 cm³/mol. The minimum atomic E-state index is -0.0548. The molecule has 1 aliphatic rings. The first kappa shape index (κ1) is 18.3. The van der Waals surface area contributed by atoms with Crippen molar-refractivity contribution in [2.75, 3.05) is 31.6 Å². The van der Waals surface area contributed by atoms with E-state index in [0.29, 0.717) is 6.54 Å². The highest BCUT2D eigenvalue weighted by atomic mass is 16.5. The highest BCUT2D eigenvalue weighted by molar-refractivity contribution is 5.77. The minimum Gasteiger partial charge on any atom is -0.483 e. The van der Waals surface area contributed by atoms with Crippen LogP contribution in [-0.4, -0.2) is 32.7 Å². The Hall–Kier alpha value is -2.49. The number of rotatable bonds is 8. The van der Waals surface area contributed by atoms with Crippen LogP contribution in [0.1, 0.15) is 30.4 Å². The van der Waals surface area contributed by atoms with Crippen LogP contribution in [0.2, 0.25) is 0 Å². The van der Waals surface area contributed by atoms with Gasteiger partial charge in [0, 0.05) is 25.8 Å². The Morgan fingerprint density at radius 3 is 2.73 bits per heavy atom. The van der Waals surface area contributed by atoms with Crippen molar-refractivity contribution in [1.82, 2.24) is 5.32 Å². The number of hydrogen-bond acceptors (Lipinski definition) is 3. The van der Waals surface area contributed by atoms with E-state index >= 15 is 0 Å². The van der Waals surface area contributed by atoms with E-state index in [4.69, 9.17) is 4.74 Å². The fourth-order valence-electron chi connectivity index (χ4n) is 3.43. The number of benzene rings is 2. The Balaban J connectivity index is 1.37. The van der Waals surface area contributed by atoms with Gasteiger partial charge in [0.15, 0.2) is 6.61 Å². The third kappa shape index (κ3) is 5.01. The number of amides is 1. The van der Waals surface area contributed by atoms with Crippen molar-refractivity contribution in [2.24, 2.45) is 0 Å². The second-order valence-electron chi connectivity index (χ2n) is 6.85. The van der Waals surface area contributed by atoms with Crippen molar-refractivity contribution in [1.29, 1.82) is 0 Å². The van der Waals surface area contributed by atoms with Crippen molar-refractivity contribution in [3.05, 3.63) is 59.7 Å². The maximum absolute atomic E-state index is 12.0. The molecule has 3 rings (SSSR count). The SMILES string of the molecule is CN(CCCNC(=O)COc1cccc2c1CCCC2)c1ccccc1. The summed E-state index contributed by atoms with van der Waals surface area (Å²) < 4.78 is 5.79. The Morgan fingerprint density at radius 1 is 1.08 bits per heavy atom. The Labute approximate surface area is 156 Å². The van der Waals surface area contributed by atoms with Gasteiger partial charge in [-0.3, -0.25) is 4.79 Å². The standard InChI is InChI=1S/C22H28N2O2/c1-24(19-11-3-2-4-12-19)16-8-15-23-22(25)17-26-21-14-7-10-18-9-5-6-13-20(18)21/h2-4,7,10-12,14H,5-6,8-9,13,15-17H2,1H3,(H,23,25). The maximum Gasteiger partial charge on any atom is 0.257 e. The third-order valence-corrected chi connectivity index (χ3v) is 4.90. The smallest absolute Gasteiger partial charge is 0.257 e. The zero-order valence-corrected chi connectivity index (χ0v) is 15.5. The molecule has 0 radical (unpaired) electrons. The van der Waals surface area contributed by atoms with E-state index in [1.807, 2.05) is 30.3 Å². The van der Waals surface area contributed by atoms with Crippen LogP contribution in [0.15, 0.2) is 48.5 Å². The van der Waals surface area contributed by atoms with Crippen LogP contribution in [0.4, 0.5) is 5.69 Å². The molecule has 2 aromatic rings. The second-order valence-corrected chi connectivity index (χ2v) is 6.85. The van der Waals surface area contributed by atoms with Gasteiger partial charge in [0.1, 0.15) is 5.75 Å². The van der Waals surface area contributed by atoms with Crippen LogP contribution in [-0.2, 0) is 17.6 Å². The van der Waals surface area contributed by atoms with Gasteiger partial charge in [-0.15, -0.1) is 0 Å². The number of ether oxygens (including phenoxy) is 1. The lowest BCUT2D eigenvalue weighted by Crippen LogP contribution is -2.31. The highest BCUT2D eigenvalue weighted by Gasteiger charge is 2.14. The topological polar surface area (TPSA) is 41.6 Å². The molecule has 0 bridgehead atoms. The van der Waals surface area contributed by atoms with Gasteiger partial charge in [0.2, 0.25) is 0 Å². The summed E-state index contributed by atoms with van der Waals surface area (Å²) in [6.45, 7) is 1.65. The van der Waals surface area contributed by atoms with Crippen LogP contribution in [0.25, 0.3) is 0 Å². The summed E-state index contributed by atoms with van der Waals surface area (Å²) in [6.07, 6.45) is 5.52. The molecule has 4 nitrogen and oxygen atoms in total. The van der Waals surface area contributed by atoms with Crippen LogP contribution >= 0.6 is 0 Å². The first-order valence-electron chi connectivity index (χ1n) is 9.50. The molecule has 1 amide bonds. The molecular formula is C22H28N2O2. The van der Waals surface area contributed by atoms with E-state index in [9.17, 15) is 4.79 Å². The van der Waals surface area contributed by atoms with Gasteiger partial charge in [-0.1, -0.05) is 30.3 Å². The molecule has 26 heavy (non-hydrogen) atoms. The van der Waals surface area contributed by atoms with Crippen molar-refractivity contribution < 1.29 is 9.53 Å². The highest BCUT2D eigenvalue weighted by Crippen LogP contribution is 2.29. The molecule has 0 aromatic heterocycles. The number of carbonyl (C=O) groups excluding carboxylic acids is 1. The molecule has 0 unspecified atom stereocenters. The average Bonchev–Trinajstić information content (AvgIpc) is 2.70. The lowest BCUT2D eigenvalue weighted by Gasteiger charge is -2.20. The number of para-hydroxylation sites is 1. The number of nitrogens with zero attached hydrogens (tertiary/aromatic N) is 1.